The van der Waals surface area contributed by atoms with Crippen molar-refractivity contribution in [2.75, 3.05) is 39.0 Å². The average molecular weight is 261 g/mol. The maximum atomic E-state index is 11.4. The second kappa shape index (κ2) is 4.50. The number of hydrogen-bond acceptors (Lipinski definition) is 4. The molecule has 0 spiro atoms. The molecule has 2 rings (SSSR count). The Morgan fingerprint density at radius 3 is 2.12 bits per heavy atom. The SMILES string of the molecule is CC1CC(CN)(N2CCN(S(C)(=O)=O)CC2)C1. The first-order chi connectivity index (χ1) is 7.87. The third kappa shape index (κ3) is 2.50. The van der Waals surface area contributed by atoms with Crippen molar-refractivity contribution in [2.45, 2.75) is 25.3 Å². The van der Waals surface area contributed by atoms with E-state index in [0.717, 1.165) is 31.8 Å². The molecule has 2 N–H and O–H groups in total. The summed E-state index contributed by atoms with van der Waals surface area (Å²) in [4.78, 5) is 2.40. The number of piperazine rings is 1. The van der Waals surface area contributed by atoms with Crippen LogP contribution in [0.2, 0.25) is 0 Å². The molecule has 1 saturated carbocycles. The summed E-state index contributed by atoms with van der Waals surface area (Å²) in [5, 5.41) is 0. The maximum absolute atomic E-state index is 11.4. The van der Waals surface area contributed by atoms with Crippen LogP contribution in [0.5, 0.6) is 0 Å². The first-order valence-electron chi connectivity index (χ1n) is 6.28. The van der Waals surface area contributed by atoms with Gasteiger partial charge in [-0.3, -0.25) is 4.90 Å². The predicted molar refractivity (Wildman–Crippen MR) is 68.2 cm³/mol. The largest absolute Gasteiger partial charge is 0.329 e. The molecule has 0 aromatic heterocycles. The summed E-state index contributed by atoms with van der Waals surface area (Å²) in [5.41, 5.74) is 6.06. The van der Waals surface area contributed by atoms with E-state index in [0.29, 0.717) is 19.6 Å². The van der Waals surface area contributed by atoms with Crippen molar-refractivity contribution in [1.29, 1.82) is 0 Å². The first kappa shape index (κ1) is 13.3. The average Bonchev–Trinajstić information content (AvgIpc) is 2.23. The van der Waals surface area contributed by atoms with Gasteiger partial charge in [-0.05, 0) is 18.8 Å². The van der Waals surface area contributed by atoms with Crippen LogP contribution in [-0.4, -0.2) is 62.1 Å². The monoisotopic (exact) mass is 261 g/mol. The lowest BCUT2D eigenvalue weighted by Gasteiger charge is -2.55. The van der Waals surface area contributed by atoms with Crippen molar-refractivity contribution in [3.05, 3.63) is 0 Å². The molecule has 0 amide bonds. The van der Waals surface area contributed by atoms with E-state index in [-0.39, 0.29) is 5.54 Å². The van der Waals surface area contributed by atoms with Gasteiger partial charge >= 0.3 is 0 Å². The second-order valence-corrected chi connectivity index (χ2v) is 7.57. The minimum absolute atomic E-state index is 0.156. The van der Waals surface area contributed by atoms with Crippen LogP contribution < -0.4 is 5.73 Å². The molecule has 5 nitrogen and oxygen atoms in total. The fraction of sp³-hybridized carbons (Fsp3) is 1.00. The predicted octanol–water partition coefficient (Wildman–Crippen LogP) is -0.309. The Labute approximate surface area is 104 Å². The molecule has 1 heterocycles. The molecule has 2 aliphatic rings. The Balaban J connectivity index is 1.95. The van der Waals surface area contributed by atoms with Crippen molar-refractivity contribution in [2.24, 2.45) is 11.7 Å². The minimum atomic E-state index is -3.03. The van der Waals surface area contributed by atoms with Gasteiger partial charge in [0, 0.05) is 38.3 Å². The number of nitrogens with zero attached hydrogens (tertiary/aromatic N) is 2. The number of sulfonamides is 1. The van der Waals surface area contributed by atoms with Crippen LogP contribution in [-0.2, 0) is 10.0 Å². The molecule has 1 aliphatic carbocycles. The smallest absolute Gasteiger partial charge is 0.211 e. The molecule has 2 fully saturated rings. The van der Waals surface area contributed by atoms with Gasteiger partial charge in [0.25, 0.3) is 0 Å². The summed E-state index contributed by atoms with van der Waals surface area (Å²) in [6, 6.07) is 0. The van der Waals surface area contributed by atoms with Gasteiger partial charge < -0.3 is 5.73 Å². The zero-order valence-electron chi connectivity index (χ0n) is 10.7. The second-order valence-electron chi connectivity index (χ2n) is 5.59. The first-order valence-corrected chi connectivity index (χ1v) is 8.12. The Bertz CT molecular complexity index is 368. The molecule has 17 heavy (non-hydrogen) atoms. The Morgan fingerprint density at radius 2 is 1.76 bits per heavy atom. The Morgan fingerprint density at radius 1 is 1.24 bits per heavy atom. The van der Waals surface area contributed by atoms with Crippen molar-refractivity contribution in [3.8, 4) is 0 Å². The molecule has 0 unspecified atom stereocenters. The maximum Gasteiger partial charge on any atom is 0.211 e. The highest BCUT2D eigenvalue weighted by molar-refractivity contribution is 7.88. The summed E-state index contributed by atoms with van der Waals surface area (Å²) in [7, 11) is -3.03. The quantitative estimate of drug-likeness (QED) is 0.757. The van der Waals surface area contributed by atoms with Crippen LogP contribution in [0.25, 0.3) is 0 Å². The zero-order valence-corrected chi connectivity index (χ0v) is 11.5. The molecular formula is C11H23N3O2S. The third-order valence-electron chi connectivity index (χ3n) is 4.22. The summed E-state index contributed by atoms with van der Waals surface area (Å²) in [6.07, 6.45) is 3.59. The fourth-order valence-corrected chi connectivity index (χ4v) is 4.11. The number of nitrogens with two attached hydrogens (primary N) is 1. The van der Waals surface area contributed by atoms with Crippen molar-refractivity contribution in [3.63, 3.8) is 0 Å². The van der Waals surface area contributed by atoms with Gasteiger partial charge in [0.15, 0.2) is 0 Å². The van der Waals surface area contributed by atoms with Crippen LogP contribution in [0, 0.1) is 5.92 Å². The Kier molecular flexibility index (Phi) is 3.51. The summed E-state index contributed by atoms with van der Waals surface area (Å²) in [6.45, 7) is 5.79. The van der Waals surface area contributed by atoms with Gasteiger partial charge in [0.05, 0.1) is 6.26 Å². The molecule has 0 atom stereocenters. The number of rotatable bonds is 3. The zero-order chi connectivity index (χ0) is 12.7. The van der Waals surface area contributed by atoms with E-state index in [4.69, 9.17) is 5.73 Å². The summed E-state index contributed by atoms with van der Waals surface area (Å²) < 4.78 is 24.4. The van der Waals surface area contributed by atoms with E-state index in [1.165, 1.54) is 6.26 Å². The van der Waals surface area contributed by atoms with Gasteiger partial charge in [-0.2, -0.15) is 4.31 Å². The van der Waals surface area contributed by atoms with E-state index in [2.05, 4.69) is 11.8 Å². The topological polar surface area (TPSA) is 66.6 Å². The molecule has 0 radical (unpaired) electrons. The fourth-order valence-electron chi connectivity index (χ4n) is 3.29. The van der Waals surface area contributed by atoms with Crippen molar-refractivity contribution < 1.29 is 8.42 Å². The van der Waals surface area contributed by atoms with E-state index in [1.54, 1.807) is 4.31 Å². The summed E-state index contributed by atoms with van der Waals surface area (Å²) in [5.74, 6) is 0.756. The van der Waals surface area contributed by atoms with Gasteiger partial charge in [0.2, 0.25) is 10.0 Å². The molecule has 0 aromatic carbocycles. The van der Waals surface area contributed by atoms with Crippen LogP contribution >= 0.6 is 0 Å². The highest BCUT2D eigenvalue weighted by atomic mass is 32.2. The van der Waals surface area contributed by atoms with Gasteiger partial charge in [-0.1, -0.05) is 6.92 Å². The van der Waals surface area contributed by atoms with E-state index in [9.17, 15) is 8.42 Å². The van der Waals surface area contributed by atoms with Gasteiger partial charge in [-0.25, -0.2) is 8.42 Å². The molecule has 1 aliphatic heterocycles. The minimum Gasteiger partial charge on any atom is -0.329 e. The van der Waals surface area contributed by atoms with Gasteiger partial charge in [0.1, 0.15) is 0 Å². The molecule has 0 bridgehead atoms. The summed E-state index contributed by atoms with van der Waals surface area (Å²) >= 11 is 0. The van der Waals surface area contributed by atoms with Crippen molar-refractivity contribution >= 4 is 10.0 Å². The lowest BCUT2D eigenvalue weighted by atomic mass is 9.68. The lowest BCUT2D eigenvalue weighted by Crippen LogP contribution is -2.65. The molecular weight excluding hydrogens is 238 g/mol. The molecule has 1 saturated heterocycles. The van der Waals surface area contributed by atoms with Crippen LogP contribution in [0.1, 0.15) is 19.8 Å². The lowest BCUT2D eigenvalue weighted by molar-refractivity contribution is -0.0292. The van der Waals surface area contributed by atoms with E-state index < -0.39 is 10.0 Å². The van der Waals surface area contributed by atoms with Crippen molar-refractivity contribution in [1.82, 2.24) is 9.21 Å². The van der Waals surface area contributed by atoms with Crippen LogP contribution in [0.3, 0.4) is 0 Å². The highest BCUT2D eigenvalue weighted by Gasteiger charge is 2.46. The standard InChI is InChI=1S/C11H23N3O2S/c1-10-7-11(8-10,9-12)13-3-5-14(6-4-13)17(2,15)16/h10H,3-9,12H2,1-2H3. The molecule has 0 aromatic rings. The van der Waals surface area contributed by atoms with Crippen LogP contribution in [0.4, 0.5) is 0 Å². The van der Waals surface area contributed by atoms with Gasteiger partial charge in [-0.15, -0.1) is 0 Å². The Hall–Kier alpha value is -0.170. The normalized spacial score (nSPS) is 36.8. The highest BCUT2D eigenvalue weighted by Crippen LogP contribution is 2.41. The third-order valence-corrected chi connectivity index (χ3v) is 5.52. The van der Waals surface area contributed by atoms with E-state index >= 15 is 0 Å². The molecule has 100 valence electrons. The van der Waals surface area contributed by atoms with Crippen LogP contribution in [0.15, 0.2) is 0 Å². The van der Waals surface area contributed by atoms with E-state index in [1.807, 2.05) is 0 Å². The molecule has 6 heteroatoms. The number of hydrogen-bond donors (Lipinski definition) is 1.